The summed E-state index contributed by atoms with van der Waals surface area (Å²) in [4.78, 5) is 2.04. The Kier molecular flexibility index (Phi) is 3.51. The summed E-state index contributed by atoms with van der Waals surface area (Å²) >= 11 is 0. The number of benzene rings is 2. The summed E-state index contributed by atoms with van der Waals surface area (Å²) in [6.07, 6.45) is 0. The van der Waals surface area contributed by atoms with Crippen molar-refractivity contribution in [2.24, 2.45) is 0 Å². The van der Waals surface area contributed by atoms with E-state index in [0.29, 0.717) is 5.69 Å². The first-order chi connectivity index (χ1) is 8.61. The molecule has 0 aliphatic carbocycles. The molecule has 0 unspecified atom stereocenters. The van der Waals surface area contributed by atoms with Gasteiger partial charge in [0, 0.05) is 26.8 Å². The molecule has 0 bridgehead atoms. The van der Waals surface area contributed by atoms with Crippen molar-refractivity contribution in [1.29, 1.82) is 0 Å². The van der Waals surface area contributed by atoms with Crippen LogP contribution < -0.4 is 10.2 Å². The van der Waals surface area contributed by atoms with Gasteiger partial charge < -0.3 is 10.2 Å². The summed E-state index contributed by atoms with van der Waals surface area (Å²) in [5.41, 5.74) is 3.55. The Hall–Kier alpha value is -2.03. The van der Waals surface area contributed by atoms with E-state index >= 15 is 0 Å². The van der Waals surface area contributed by atoms with Crippen molar-refractivity contribution < 1.29 is 4.39 Å². The zero-order chi connectivity index (χ0) is 13.1. The maximum Gasteiger partial charge on any atom is 0.146 e. The highest BCUT2D eigenvalue weighted by atomic mass is 19.1. The van der Waals surface area contributed by atoms with Crippen molar-refractivity contribution >= 4 is 11.4 Å². The molecule has 0 aliphatic rings. The minimum Gasteiger partial charge on any atom is -0.386 e. The van der Waals surface area contributed by atoms with Crippen LogP contribution in [0.15, 0.2) is 42.5 Å². The monoisotopic (exact) mass is 244 g/mol. The quantitative estimate of drug-likeness (QED) is 0.887. The van der Waals surface area contributed by atoms with Gasteiger partial charge in [0.1, 0.15) is 5.82 Å². The zero-order valence-corrected chi connectivity index (χ0v) is 10.9. The minimum absolute atomic E-state index is 0.230. The molecule has 1 N–H and O–H groups in total. The van der Waals surface area contributed by atoms with Crippen LogP contribution in [0.2, 0.25) is 0 Å². The van der Waals surface area contributed by atoms with Crippen LogP contribution in [-0.2, 0) is 0 Å². The molecule has 2 nitrogen and oxygen atoms in total. The van der Waals surface area contributed by atoms with Gasteiger partial charge >= 0.3 is 0 Å². The third kappa shape index (κ3) is 2.45. The molecule has 2 aromatic rings. The molecule has 18 heavy (non-hydrogen) atoms. The number of rotatable bonds is 3. The highest BCUT2D eigenvalue weighted by molar-refractivity contribution is 5.68. The van der Waals surface area contributed by atoms with Crippen molar-refractivity contribution in [3.8, 4) is 11.1 Å². The number of hydrogen-bond acceptors (Lipinski definition) is 2. The lowest BCUT2D eigenvalue weighted by Crippen LogP contribution is -2.07. The molecule has 0 atom stereocenters. The van der Waals surface area contributed by atoms with E-state index in [1.807, 2.05) is 49.3 Å². The molecule has 0 aliphatic heterocycles. The van der Waals surface area contributed by atoms with E-state index in [2.05, 4.69) is 5.32 Å². The molecular formula is C15H17FN2. The van der Waals surface area contributed by atoms with E-state index in [1.54, 1.807) is 19.2 Å². The fraction of sp³-hybridized carbons (Fsp3) is 0.200. The summed E-state index contributed by atoms with van der Waals surface area (Å²) in [6, 6.07) is 13.3. The lowest BCUT2D eigenvalue weighted by atomic mass is 10.0. The average molecular weight is 244 g/mol. The van der Waals surface area contributed by atoms with Gasteiger partial charge in [-0.1, -0.05) is 18.2 Å². The van der Waals surface area contributed by atoms with Crippen LogP contribution in [0, 0.1) is 5.82 Å². The van der Waals surface area contributed by atoms with Crippen molar-refractivity contribution in [1.82, 2.24) is 0 Å². The molecule has 0 saturated heterocycles. The van der Waals surface area contributed by atoms with Gasteiger partial charge in [-0.25, -0.2) is 4.39 Å². The molecule has 0 radical (unpaired) electrons. The fourth-order valence-electron chi connectivity index (χ4n) is 1.85. The van der Waals surface area contributed by atoms with Crippen molar-refractivity contribution in [3.05, 3.63) is 48.3 Å². The highest BCUT2D eigenvalue weighted by Crippen LogP contribution is 2.25. The fourth-order valence-corrected chi connectivity index (χ4v) is 1.85. The van der Waals surface area contributed by atoms with Crippen LogP contribution in [0.1, 0.15) is 0 Å². The lowest BCUT2D eigenvalue weighted by Gasteiger charge is -2.13. The summed E-state index contributed by atoms with van der Waals surface area (Å²) in [5, 5.41) is 2.82. The molecule has 0 saturated carbocycles. The third-order valence-corrected chi connectivity index (χ3v) is 2.96. The second kappa shape index (κ2) is 5.08. The van der Waals surface area contributed by atoms with Crippen molar-refractivity contribution in [2.45, 2.75) is 0 Å². The first-order valence-electron chi connectivity index (χ1n) is 5.87. The second-order valence-electron chi connectivity index (χ2n) is 4.39. The predicted octanol–water partition coefficient (Wildman–Crippen LogP) is 3.60. The van der Waals surface area contributed by atoms with Gasteiger partial charge in [0.05, 0.1) is 5.69 Å². The van der Waals surface area contributed by atoms with E-state index in [0.717, 1.165) is 16.8 Å². The molecule has 2 rings (SSSR count). The first-order valence-corrected chi connectivity index (χ1v) is 5.87. The van der Waals surface area contributed by atoms with Gasteiger partial charge in [-0.05, 0) is 35.4 Å². The smallest absolute Gasteiger partial charge is 0.146 e. The molecule has 0 spiro atoms. The van der Waals surface area contributed by atoms with Crippen LogP contribution in [0.25, 0.3) is 11.1 Å². The van der Waals surface area contributed by atoms with Gasteiger partial charge in [0.25, 0.3) is 0 Å². The summed E-state index contributed by atoms with van der Waals surface area (Å²) in [5.74, 6) is -0.230. The summed E-state index contributed by atoms with van der Waals surface area (Å²) < 4.78 is 13.7. The standard InChI is InChI=1S/C15H17FN2/c1-17-15-9-6-12(10-14(15)16)11-4-7-13(8-5-11)18(2)3/h4-10,17H,1-3H3. The molecule has 2 aromatic carbocycles. The molecule has 0 heterocycles. The molecule has 0 amide bonds. The largest absolute Gasteiger partial charge is 0.386 e. The maximum absolute atomic E-state index is 13.7. The Morgan fingerprint density at radius 1 is 0.944 bits per heavy atom. The zero-order valence-electron chi connectivity index (χ0n) is 10.9. The van der Waals surface area contributed by atoms with E-state index < -0.39 is 0 Å². The first kappa shape index (κ1) is 12.4. The van der Waals surface area contributed by atoms with Crippen LogP contribution in [0.5, 0.6) is 0 Å². The van der Waals surface area contributed by atoms with E-state index in [1.165, 1.54) is 0 Å². The van der Waals surface area contributed by atoms with E-state index in [-0.39, 0.29) is 5.82 Å². The maximum atomic E-state index is 13.7. The summed E-state index contributed by atoms with van der Waals surface area (Å²) in [7, 11) is 5.71. The number of nitrogens with zero attached hydrogens (tertiary/aromatic N) is 1. The Morgan fingerprint density at radius 3 is 2.06 bits per heavy atom. The predicted molar refractivity (Wildman–Crippen MR) is 75.7 cm³/mol. The summed E-state index contributed by atoms with van der Waals surface area (Å²) in [6.45, 7) is 0. The van der Waals surface area contributed by atoms with Gasteiger partial charge in [0.2, 0.25) is 0 Å². The molecule has 0 aromatic heterocycles. The van der Waals surface area contributed by atoms with Gasteiger partial charge in [-0.15, -0.1) is 0 Å². The van der Waals surface area contributed by atoms with E-state index in [4.69, 9.17) is 0 Å². The van der Waals surface area contributed by atoms with Crippen LogP contribution >= 0.6 is 0 Å². The third-order valence-electron chi connectivity index (χ3n) is 2.96. The van der Waals surface area contributed by atoms with Gasteiger partial charge in [0.15, 0.2) is 0 Å². The minimum atomic E-state index is -0.230. The molecule has 3 heteroatoms. The Labute approximate surface area is 107 Å². The topological polar surface area (TPSA) is 15.3 Å². The molecule has 94 valence electrons. The highest BCUT2D eigenvalue weighted by Gasteiger charge is 2.04. The lowest BCUT2D eigenvalue weighted by molar-refractivity contribution is 0.632. The van der Waals surface area contributed by atoms with Crippen LogP contribution in [-0.4, -0.2) is 21.1 Å². The van der Waals surface area contributed by atoms with Crippen LogP contribution in [0.4, 0.5) is 15.8 Å². The SMILES string of the molecule is CNc1ccc(-c2ccc(N(C)C)cc2)cc1F. The van der Waals surface area contributed by atoms with Crippen LogP contribution in [0.3, 0.4) is 0 Å². The number of nitrogens with one attached hydrogen (secondary N) is 1. The Morgan fingerprint density at radius 2 is 1.56 bits per heavy atom. The molecule has 0 fully saturated rings. The Bertz CT molecular complexity index is 533. The normalized spacial score (nSPS) is 10.2. The van der Waals surface area contributed by atoms with Gasteiger partial charge in [-0.3, -0.25) is 0 Å². The second-order valence-corrected chi connectivity index (χ2v) is 4.39. The Balaban J connectivity index is 2.34. The average Bonchev–Trinajstić information content (AvgIpc) is 2.38. The number of anilines is 2. The number of halogens is 1. The van der Waals surface area contributed by atoms with E-state index in [9.17, 15) is 4.39 Å². The van der Waals surface area contributed by atoms with Gasteiger partial charge in [-0.2, -0.15) is 0 Å². The number of hydrogen-bond donors (Lipinski definition) is 1. The molecular weight excluding hydrogens is 227 g/mol. The van der Waals surface area contributed by atoms with Crippen molar-refractivity contribution in [3.63, 3.8) is 0 Å². The van der Waals surface area contributed by atoms with Crippen molar-refractivity contribution in [2.75, 3.05) is 31.4 Å².